The van der Waals surface area contributed by atoms with E-state index in [9.17, 15) is 9.59 Å². The number of ether oxygens (including phenoxy) is 4. The number of para-hydroxylation sites is 1. The summed E-state index contributed by atoms with van der Waals surface area (Å²) in [4.78, 5) is 33.5. The Hall–Kier alpha value is -3.92. The summed E-state index contributed by atoms with van der Waals surface area (Å²) >= 11 is 0. The number of hydrogen-bond donors (Lipinski definition) is 0. The Bertz CT molecular complexity index is 1350. The Labute approximate surface area is 243 Å². The molecule has 1 aromatic heterocycles. The smallest absolute Gasteiger partial charge is 0.347 e. The van der Waals surface area contributed by atoms with Gasteiger partial charge in [0.05, 0.1) is 25.0 Å². The molecule has 0 aliphatic heterocycles. The summed E-state index contributed by atoms with van der Waals surface area (Å²) in [5.41, 5.74) is 2.05. The van der Waals surface area contributed by atoms with Gasteiger partial charge in [-0.2, -0.15) is 0 Å². The highest BCUT2D eigenvalue weighted by Gasteiger charge is 2.39. The maximum atomic E-state index is 12.7. The number of benzene rings is 2. The second kappa shape index (κ2) is 13.6. The van der Waals surface area contributed by atoms with Crippen molar-refractivity contribution < 1.29 is 33.0 Å². The number of carbonyl (C=O) groups excluding carboxylic acids is 2. The third-order valence-electron chi connectivity index (χ3n) is 6.91. The predicted octanol–water partition coefficient (Wildman–Crippen LogP) is 6.15. The number of methoxy groups -OCH3 is 1. The van der Waals surface area contributed by atoms with Crippen molar-refractivity contribution in [3.05, 3.63) is 66.0 Å². The van der Waals surface area contributed by atoms with E-state index in [1.165, 1.54) is 6.92 Å². The van der Waals surface area contributed by atoms with Crippen molar-refractivity contribution in [2.24, 2.45) is 0 Å². The minimum Gasteiger partial charge on any atom is -0.543 e. The van der Waals surface area contributed by atoms with E-state index in [0.717, 1.165) is 5.56 Å². The van der Waals surface area contributed by atoms with Crippen molar-refractivity contribution >= 4 is 20.3 Å². The van der Waals surface area contributed by atoms with Gasteiger partial charge < -0.3 is 23.4 Å². The van der Waals surface area contributed by atoms with Crippen LogP contribution in [0.3, 0.4) is 0 Å². The monoisotopic (exact) mass is 580 g/mol. The van der Waals surface area contributed by atoms with Gasteiger partial charge in [-0.25, -0.2) is 14.8 Å². The number of hydrogen-bond acceptors (Lipinski definition) is 9. The molecule has 41 heavy (non-hydrogen) atoms. The first-order chi connectivity index (χ1) is 19.3. The molecule has 3 aromatic rings. The molecule has 1 atom stereocenters. The molecular formula is C31H40N2O7Si. The van der Waals surface area contributed by atoms with Crippen LogP contribution in [0.5, 0.6) is 17.2 Å². The molecule has 0 spiro atoms. The number of rotatable bonds is 12. The standard InChI is InChI=1S/C31H40N2O7Si/c1-9-37-30(35)28(39-21(2)34)19-22-18-24(40-41(7,8)31(3,4)5)14-15-26(22)38-20-23-16-17-32-29(33-23)25-12-10-11-13-27(25)36-6/h10-18,28H,9,19-20H2,1-8H3. The van der Waals surface area contributed by atoms with Gasteiger partial charge in [-0.1, -0.05) is 32.9 Å². The molecule has 220 valence electrons. The van der Waals surface area contributed by atoms with Crippen LogP contribution in [0.25, 0.3) is 11.4 Å². The summed E-state index contributed by atoms with van der Waals surface area (Å²) < 4.78 is 28.7. The van der Waals surface area contributed by atoms with Crippen molar-refractivity contribution in [3.8, 4) is 28.6 Å². The topological polar surface area (TPSA) is 106 Å². The molecular weight excluding hydrogens is 540 g/mol. The minimum atomic E-state index is -2.15. The highest BCUT2D eigenvalue weighted by Crippen LogP contribution is 2.38. The molecule has 0 bridgehead atoms. The zero-order chi connectivity index (χ0) is 30.2. The van der Waals surface area contributed by atoms with Crippen LogP contribution in [0.2, 0.25) is 18.1 Å². The molecule has 2 aromatic carbocycles. The van der Waals surface area contributed by atoms with Crippen LogP contribution in [0.15, 0.2) is 54.7 Å². The van der Waals surface area contributed by atoms with Gasteiger partial charge >= 0.3 is 11.9 Å². The molecule has 3 rings (SSSR count). The molecule has 10 heteroatoms. The van der Waals surface area contributed by atoms with Crippen LogP contribution in [-0.2, 0) is 32.1 Å². The number of nitrogens with zero attached hydrogens (tertiary/aromatic N) is 2. The maximum Gasteiger partial charge on any atom is 0.347 e. The van der Waals surface area contributed by atoms with E-state index in [4.69, 9.17) is 23.4 Å². The summed E-state index contributed by atoms with van der Waals surface area (Å²) in [7, 11) is -0.547. The van der Waals surface area contributed by atoms with Crippen LogP contribution >= 0.6 is 0 Å². The molecule has 0 aliphatic carbocycles. The molecule has 0 aliphatic rings. The molecule has 0 fully saturated rings. The lowest BCUT2D eigenvalue weighted by molar-refractivity contribution is -0.166. The van der Waals surface area contributed by atoms with Crippen LogP contribution in [0, 0.1) is 0 Å². The Morgan fingerprint density at radius 2 is 1.76 bits per heavy atom. The lowest BCUT2D eigenvalue weighted by atomic mass is 10.1. The van der Waals surface area contributed by atoms with Gasteiger partial charge in [0.15, 0.2) is 5.82 Å². The van der Waals surface area contributed by atoms with Crippen LogP contribution < -0.4 is 13.9 Å². The van der Waals surface area contributed by atoms with Gasteiger partial charge in [-0.3, -0.25) is 4.79 Å². The SMILES string of the molecule is CCOC(=O)C(Cc1cc(O[Si](C)(C)C(C)(C)C)ccc1OCc1ccnc(-c2ccccc2OC)n1)OC(C)=O. The van der Waals surface area contributed by atoms with Crippen molar-refractivity contribution in [2.45, 2.75) is 71.9 Å². The Morgan fingerprint density at radius 1 is 1.02 bits per heavy atom. The number of aromatic nitrogens is 2. The average Bonchev–Trinajstić information content (AvgIpc) is 2.91. The molecule has 1 unspecified atom stereocenters. The highest BCUT2D eigenvalue weighted by molar-refractivity contribution is 6.74. The molecule has 1 heterocycles. The van der Waals surface area contributed by atoms with Crippen LogP contribution in [0.4, 0.5) is 0 Å². The molecule has 0 radical (unpaired) electrons. The first-order valence-corrected chi connectivity index (χ1v) is 16.5. The van der Waals surface area contributed by atoms with Crippen molar-refractivity contribution in [1.29, 1.82) is 0 Å². The van der Waals surface area contributed by atoms with E-state index in [2.05, 4.69) is 43.8 Å². The van der Waals surface area contributed by atoms with E-state index in [1.54, 1.807) is 32.4 Å². The first-order valence-electron chi connectivity index (χ1n) is 13.6. The van der Waals surface area contributed by atoms with E-state index >= 15 is 0 Å². The summed E-state index contributed by atoms with van der Waals surface area (Å²) in [6.07, 6.45) is 0.592. The largest absolute Gasteiger partial charge is 0.543 e. The normalized spacial score (nSPS) is 12.3. The van der Waals surface area contributed by atoms with E-state index < -0.39 is 26.4 Å². The summed E-state index contributed by atoms with van der Waals surface area (Å²) in [6, 6.07) is 14.8. The predicted molar refractivity (Wildman–Crippen MR) is 159 cm³/mol. The Balaban J connectivity index is 1.93. The average molecular weight is 581 g/mol. The highest BCUT2D eigenvalue weighted by atomic mass is 28.4. The summed E-state index contributed by atoms with van der Waals surface area (Å²) in [5, 5.41) is -0.0142. The van der Waals surface area contributed by atoms with E-state index in [-0.39, 0.29) is 24.7 Å². The molecule has 0 saturated carbocycles. The maximum absolute atomic E-state index is 12.7. The van der Waals surface area contributed by atoms with Gasteiger partial charge in [-0.05, 0) is 61.5 Å². The molecule has 9 nitrogen and oxygen atoms in total. The van der Waals surface area contributed by atoms with Crippen LogP contribution in [-0.4, -0.2) is 50.0 Å². The fourth-order valence-electron chi connectivity index (χ4n) is 3.76. The molecule has 0 N–H and O–H groups in total. The number of esters is 2. The zero-order valence-electron chi connectivity index (χ0n) is 25.1. The minimum absolute atomic E-state index is 0.0142. The van der Waals surface area contributed by atoms with Crippen LogP contribution in [0.1, 0.15) is 45.9 Å². The second-order valence-corrected chi connectivity index (χ2v) is 15.8. The molecule has 0 amide bonds. The van der Waals surface area contributed by atoms with E-state index in [1.807, 2.05) is 36.4 Å². The van der Waals surface area contributed by atoms with E-state index in [0.29, 0.717) is 34.3 Å². The zero-order valence-corrected chi connectivity index (χ0v) is 26.1. The lowest BCUT2D eigenvalue weighted by Crippen LogP contribution is -2.43. The third kappa shape index (κ3) is 8.53. The van der Waals surface area contributed by atoms with Crippen molar-refractivity contribution in [3.63, 3.8) is 0 Å². The van der Waals surface area contributed by atoms with Gasteiger partial charge in [0, 0.05) is 25.1 Å². The number of carbonyl (C=O) groups is 2. The van der Waals surface area contributed by atoms with Gasteiger partial charge in [0.2, 0.25) is 14.4 Å². The molecule has 0 saturated heterocycles. The van der Waals surface area contributed by atoms with Gasteiger partial charge in [0.1, 0.15) is 23.9 Å². The second-order valence-electron chi connectivity index (χ2n) is 11.0. The third-order valence-corrected chi connectivity index (χ3v) is 11.3. The summed E-state index contributed by atoms with van der Waals surface area (Å²) in [6.45, 7) is 14.1. The van der Waals surface area contributed by atoms with Crippen molar-refractivity contribution in [2.75, 3.05) is 13.7 Å². The Kier molecular flexibility index (Phi) is 10.5. The van der Waals surface area contributed by atoms with Gasteiger partial charge in [-0.15, -0.1) is 0 Å². The fraction of sp³-hybridized carbons (Fsp3) is 0.419. The van der Waals surface area contributed by atoms with Gasteiger partial charge in [0.25, 0.3) is 0 Å². The first kappa shape index (κ1) is 31.6. The van der Waals surface area contributed by atoms with Crippen molar-refractivity contribution in [1.82, 2.24) is 9.97 Å². The Morgan fingerprint density at radius 3 is 2.41 bits per heavy atom. The quantitative estimate of drug-likeness (QED) is 0.184. The fourth-order valence-corrected chi connectivity index (χ4v) is 4.79. The summed E-state index contributed by atoms with van der Waals surface area (Å²) in [5.74, 6) is 1.14. The lowest BCUT2D eigenvalue weighted by Gasteiger charge is -2.36.